The average Bonchev–Trinajstić information content (AvgIpc) is 2.73. The van der Waals surface area contributed by atoms with Crippen molar-refractivity contribution in [1.82, 2.24) is 4.90 Å². The van der Waals surface area contributed by atoms with Gasteiger partial charge in [-0.1, -0.05) is 32.0 Å². The Morgan fingerprint density at radius 1 is 0.966 bits per heavy atom. The fourth-order valence-electron chi connectivity index (χ4n) is 3.03. The van der Waals surface area contributed by atoms with Crippen molar-refractivity contribution >= 4 is 23.2 Å². The second-order valence-corrected chi connectivity index (χ2v) is 6.70. The van der Waals surface area contributed by atoms with Crippen LogP contribution in [0.15, 0.2) is 48.5 Å². The van der Waals surface area contributed by atoms with Crippen LogP contribution in [-0.2, 0) is 4.79 Å². The van der Waals surface area contributed by atoms with Crippen LogP contribution in [0.1, 0.15) is 44.0 Å². The van der Waals surface area contributed by atoms with Gasteiger partial charge in [0.05, 0.1) is 18.8 Å². The van der Waals surface area contributed by atoms with Gasteiger partial charge in [0, 0.05) is 24.3 Å². The molecule has 0 aliphatic carbocycles. The van der Waals surface area contributed by atoms with Crippen molar-refractivity contribution < 1.29 is 14.3 Å². The SMILES string of the molecule is CCCN(CCC)C(=O)c1cccc(NCC(=O)Nc2ccccc2OCC)c1. The summed E-state index contributed by atoms with van der Waals surface area (Å²) in [4.78, 5) is 27.0. The third-order valence-electron chi connectivity index (χ3n) is 4.30. The van der Waals surface area contributed by atoms with Crippen LogP contribution in [0.4, 0.5) is 11.4 Å². The van der Waals surface area contributed by atoms with Gasteiger partial charge >= 0.3 is 0 Å². The molecule has 0 fully saturated rings. The lowest BCUT2D eigenvalue weighted by atomic mass is 10.1. The molecule has 0 spiro atoms. The van der Waals surface area contributed by atoms with E-state index in [2.05, 4.69) is 24.5 Å². The molecule has 156 valence electrons. The number of ether oxygens (including phenoxy) is 1. The highest BCUT2D eigenvalue weighted by molar-refractivity contribution is 5.96. The van der Waals surface area contributed by atoms with Crippen molar-refractivity contribution in [2.75, 3.05) is 36.9 Å². The molecule has 2 rings (SSSR count). The first-order valence-electron chi connectivity index (χ1n) is 10.2. The van der Waals surface area contributed by atoms with Gasteiger partial charge in [0.1, 0.15) is 5.75 Å². The number of nitrogens with one attached hydrogen (secondary N) is 2. The molecule has 0 aliphatic heterocycles. The van der Waals surface area contributed by atoms with E-state index in [4.69, 9.17) is 4.74 Å². The molecule has 2 aromatic carbocycles. The number of nitrogens with zero attached hydrogens (tertiary/aromatic N) is 1. The fraction of sp³-hybridized carbons (Fsp3) is 0.391. The predicted octanol–water partition coefficient (Wildman–Crippen LogP) is 4.40. The zero-order chi connectivity index (χ0) is 21.1. The van der Waals surface area contributed by atoms with Crippen LogP contribution < -0.4 is 15.4 Å². The minimum Gasteiger partial charge on any atom is -0.492 e. The van der Waals surface area contributed by atoms with E-state index in [1.165, 1.54) is 0 Å². The highest BCUT2D eigenvalue weighted by Crippen LogP contribution is 2.23. The Morgan fingerprint density at radius 2 is 1.69 bits per heavy atom. The maximum absolute atomic E-state index is 12.8. The largest absolute Gasteiger partial charge is 0.492 e. The number of anilines is 2. The Balaban J connectivity index is 1.98. The summed E-state index contributed by atoms with van der Waals surface area (Å²) in [5.41, 5.74) is 2.00. The van der Waals surface area contributed by atoms with E-state index < -0.39 is 0 Å². The van der Waals surface area contributed by atoms with E-state index in [-0.39, 0.29) is 18.4 Å². The third kappa shape index (κ3) is 6.82. The van der Waals surface area contributed by atoms with Gasteiger partial charge in [-0.15, -0.1) is 0 Å². The van der Waals surface area contributed by atoms with Crippen LogP contribution in [0, 0.1) is 0 Å². The molecule has 2 aromatic rings. The molecule has 6 nitrogen and oxygen atoms in total. The quantitative estimate of drug-likeness (QED) is 0.590. The minimum absolute atomic E-state index is 0.0208. The Labute approximate surface area is 173 Å². The van der Waals surface area contributed by atoms with E-state index in [0.717, 1.165) is 31.6 Å². The smallest absolute Gasteiger partial charge is 0.253 e. The number of para-hydroxylation sites is 2. The van der Waals surface area contributed by atoms with Gasteiger partial charge in [-0.05, 0) is 50.1 Å². The van der Waals surface area contributed by atoms with Crippen LogP contribution in [0.25, 0.3) is 0 Å². The Hall–Kier alpha value is -3.02. The van der Waals surface area contributed by atoms with E-state index in [1.54, 1.807) is 12.1 Å². The van der Waals surface area contributed by atoms with Crippen LogP contribution in [0.5, 0.6) is 5.75 Å². The summed E-state index contributed by atoms with van der Waals surface area (Å²) in [6.45, 7) is 8.13. The summed E-state index contributed by atoms with van der Waals surface area (Å²) in [5, 5.41) is 5.94. The average molecular weight is 398 g/mol. The number of hydrogen-bond donors (Lipinski definition) is 2. The lowest BCUT2D eigenvalue weighted by molar-refractivity contribution is -0.114. The van der Waals surface area contributed by atoms with Gasteiger partial charge in [-0.25, -0.2) is 0 Å². The highest BCUT2D eigenvalue weighted by atomic mass is 16.5. The van der Waals surface area contributed by atoms with Crippen molar-refractivity contribution in [3.8, 4) is 5.75 Å². The number of amides is 2. The molecule has 0 aromatic heterocycles. The Kier molecular flexibility index (Phi) is 9.02. The maximum Gasteiger partial charge on any atom is 0.253 e. The number of hydrogen-bond acceptors (Lipinski definition) is 4. The summed E-state index contributed by atoms with van der Waals surface area (Å²) in [7, 11) is 0. The molecular weight excluding hydrogens is 366 g/mol. The van der Waals surface area contributed by atoms with Gasteiger partial charge in [-0.3, -0.25) is 9.59 Å². The summed E-state index contributed by atoms with van der Waals surface area (Å²) >= 11 is 0. The van der Waals surface area contributed by atoms with Gasteiger partial charge in [0.2, 0.25) is 5.91 Å². The first-order valence-corrected chi connectivity index (χ1v) is 10.2. The van der Waals surface area contributed by atoms with E-state index in [0.29, 0.717) is 23.6 Å². The predicted molar refractivity (Wildman–Crippen MR) is 118 cm³/mol. The van der Waals surface area contributed by atoms with Crippen LogP contribution in [0.2, 0.25) is 0 Å². The minimum atomic E-state index is -0.188. The normalized spacial score (nSPS) is 10.3. The zero-order valence-corrected chi connectivity index (χ0v) is 17.5. The molecule has 0 heterocycles. The summed E-state index contributed by atoms with van der Waals surface area (Å²) in [5.74, 6) is 0.475. The maximum atomic E-state index is 12.8. The summed E-state index contributed by atoms with van der Waals surface area (Å²) in [6, 6.07) is 14.6. The molecule has 0 saturated heterocycles. The van der Waals surface area contributed by atoms with Crippen LogP contribution in [-0.4, -0.2) is 43.0 Å². The second-order valence-electron chi connectivity index (χ2n) is 6.70. The zero-order valence-electron chi connectivity index (χ0n) is 17.5. The number of carbonyl (C=O) groups is 2. The topological polar surface area (TPSA) is 70.7 Å². The number of rotatable bonds is 11. The van der Waals surface area contributed by atoms with Gasteiger partial charge in [-0.2, -0.15) is 0 Å². The van der Waals surface area contributed by atoms with Crippen LogP contribution >= 0.6 is 0 Å². The van der Waals surface area contributed by atoms with Crippen molar-refractivity contribution in [2.45, 2.75) is 33.6 Å². The van der Waals surface area contributed by atoms with E-state index in [9.17, 15) is 9.59 Å². The van der Waals surface area contributed by atoms with E-state index in [1.807, 2.05) is 48.2 Å². The molecular formula is C23H31N3O3. The highest BCUT2D eigenvalue weighted by Gasteiger charge is 2.14. The fourth-order valence-corrected chi connectivity index (χ4v) is 3.03. The molecule has 0 saturated carbocycles. The van der Waals surface area contributed by atoms with Crippen molar-refractivity contribution in [3.63, 3.8) is 0 Å². The summed E-state index contributed by atoms with van der Waals surface area (Å²) < 4.78 is 5.53. The lowest BCUT2D eigenvalue weighted by Crippen LogP contribution is -2.32. The molecule has 2 N–H and O–H groups in total. The lowest BCUT2D eigenvalue weighted by Gasteiger charge is -2.21. The molecule has 0 radical (unpaired) electrons. The first kappa shape index (κ1) is 22.3. The standard InChI is InChI=1S/C23H31N3O3/c1-4-14-26(15-5-2)23(28)18-10-9-11-19(16-18)24-17-22(27)25-20-12-7-8-13-21(20)29-6-3/h7-13,16,24H,4-6,14-15,17H2,1-3H3,(H,25,27). The molecule has 6 heteroatoms. The number of carbonyl (C=O) groups excluding carboxylic acids is 2. The molecule has 0 unspecified atom stereocenters. The molecule has 2 amide bonds. The Bertz CT molecular complexity index is 801. The van der Waals surface area contributed by atoms with Gasteiger partial charge < -0.3 is 20.3 Å². The van der Waals surface area contributed by atoms with Crippen molar-refractivity contribution in [2.24, 2.45) is 0 Å². The second kappa shape index (κ2) is 11.7. The van der Waals surface area contributed by atoms with Crippen molar-refractivity contribution in [1.29, 1.82) is 0 Å². The van der Waals surface area contributed by atoms with Gasteiger partial charge in [0.25, 0.3) is 5.91 Å². The van der Waals surface area contributed by atoms with Gasteiger partial charge in [0.15, 0.2) is 0 Å². The Morgan fingerprint density at radius 3 is 2.38 bits per heavy atom. The summed E-state index contributed by atoms with van der Waals surface area (Å²) in [6.07, 6.45) is 1.85. The monoisotopic (exact) mass is 397 g/mol. The molecule has 0 aliphatic rings. The molecule has 29 heavy (non-hydrogen) atoms. The van der Waals surface area contributed by atoms with Crippen LogP contribution in [0.3, 0.4) is 0 Å². The number of benzene rings is 2. The third-order valence-corrected chi connectivity index (χ3v) is 4.30. The molecule has 0 atom stereocenters. The first-order chi connectivity index (χ1) is 14.1. The van der Waals surface area contributed by atoms with E-state index >= 15 is 0 Å². The van der Waals surface area contributed by atoms with Crippen molar-refractivity contribution in [3.05, 3.63) is 54.1 Å². The molecule has 0 bridgehead atoms.